The van der Waals surface area contributed by atoms with Crippen molar-refractivity contribution in [3.05, 3.63) is 35.4 Å². The lowest BCUT2D eigenvalue weighted by Crippen LogP contribution is -2.25. The zero-order valence-electron chi connectivity index (χ0n) is 9.81. The molecule has 0 aliphatic carbocycles. The molecule has 17 heavy (non-hydrogen) atoms. The Labute approximate surface area is 106 Å². The van der Waals surface area contributed by atoms with E-state index in [0.717, 1.165) is 24.0 Å². The van der Waals surface area contributed by atoms with Crippen LogP contribution in [0.5, 0.6) is 0 Å². The molecule has 0 radical (unpaired) electrons. The molecule has 1 heterocycles. The van der Waals surface area contributed by atoms with Crippen molar-refractivity contribution < 1.29 is 0 Å². The van der Waals surface area contributed by atoms with Crippen molar-refractivity contribution in [2.75, 3.05) is 12.3 Å². The van der Waals surface area contributed by atoms with Crippen LogP contribution < -0.4 is 5.32 Å². The summed E-state index contributed by atoms with van der Waals surface area (Å²) in [5.74, 6) is 1.82. The van der Waals surface area contributed by atoms with E-state index in [2.05, 4.69) is 23.3 Å². The van der Waals surface area contributed by atoms with E-state index in [0.29, 0.717) is 11.5 Å². The molecule has 0 amide bonds. The third kappa shape index (κ3) is 3.50. The van der Waals surface area contributed by atoms with Crippen LogP contribution in [0.4, 0.5) is 0 Å². The number of aliphatic imine (C=N–C) groups is 1. The van der Waals surface area contributed by atoms with Gasteiger partial charge in [0.2, 0.25) is 0 Å². The summed E-state index contributed by atoms with van der Waals surface area (Å²) in [6.07, 6.45) is 0. The van der Waals surface area contributed by atoms with Gasteiger partial charge >= 0.3 is 0 Å². The van der Waals surface area contributed by atoms with Gasteiger partial charge in [-0.2, -0.15) is 5.26 Å². The summed E-state index contributed by atoms with van der Waals surface area (Å²) in [4.78, 5) is 4.48. The van der Waals surface area contributed by atoms with Crippen molar-refractivity contribution in [1.82, 2.24) is 5.32 Å². The van der Waals surface area contributed by atoms with Gasteiger partial charge in [0, 0.05) is 18.8 Å². The van der Waals surface area contributed by atoms with Gasteiger partial charge in [0.05, 0.1) is 11.6 Å². The maximum absolute atomic E-state index is 8.70. The molecule has 0 bridgehead atoms. The zero-order chi connectivity index (χ0) is 12.1. The Morgan fingerprint density at radius 2 is 2.24 bits per heavy atom. The molecule has 1 aromatic rings. The molecule has 0 aromatic heterocycles. The van der Waals surface area contributed by atoms with E-state index in [1.807, 2.05) is 24.3 Å². The zero-order valence-corrected chi connectivity index (χ0v) is 10.6. The molecule has 1 aliphatic rings. The minimum Gasteiger partial charge on any atom is -0.361 e. The summed E-state index contributed by atoms with van der Waals surface area (Å²) >= 11 is 1.78. The summed E-state index contributed by atoms with van der Waals surface area (Å²) in [7, 11) is 0. The molecule has 2 rings (SSSR count). The van der Waals surface area contributed by atoms with E-state index in [-0.39, 0.29) is 0 Å². The van der Waals surface area contributed by atoms with Crippen molar-refractivity contribution in [2.45, 2.75) is 13.5 Å². The number of thioether (sulfide) groups is 1. The molecule has 4 heteroatoms. The first-order chi connectivity index (χ1) is 8.28. The first kappa shape index (κ1) is 12.0. The molecule has 88 valence electrons. The molecule has 0 spiro atoms. The van der Waals surface area contributed by atoms with Crippen LogP contribution in [-0.4, -0.2) is 17.5 Å². The van der Waals surface area contributed by atoms with Crippen LogP contribution in [0.2, 0.25) is 0 Å². The molecule has 1 aromatic carbocycles. The summed E-state index contributed by atoms with van der Waals surface area (Å²) in [5.41, 5.74) is 1.87. The lowest BCUT2D eigenvalue weighted by atomic mass is 10.1. The van der Waals surface area contributed by atoms with E-state index in [4.69, 9.17) is 5.26 Å². The van der Waals surface area contributed by atoms with Crippen LogP contribution in [0.25, 0.3) is 0 Å². The maximum Gasteiger partial charge on any atom is 0.156 e. The molecule has 0 saturated heterocycles. The molecule has 3 nitrogen and oxygen atoms in total. The highest BCUT2D eigenvalue weighted by molar-refractivity contribution is 8.13. The lowest BCUT2D eigenvalue weighted by molar-refractivity contribution is 0.669. The molecule has 0 fully saturated rings. The predicted molar refractivity (Wildman–Crippen MR) is 71.9 cm³/mol. The van der Waals surface area contributed by atoms with Crippen LogP contribution in [0, 0.1) is 17.2 Å². The number of rotatable bonds is 2. The number of nitrogens with zero attached hydrogens (tertiary/aromatic N) is 2. The van der Waals surface area contributed by atoms with Crippen LogP contribution in [0.1, 0.15) is 18.1 Å². The van der Waals surface area contributed by atoms with Gasteiger partial charge in [-0.1, -0.05) is 30.8 Å². The average molecular weight is 245 g/mol. The third-order valence-electron chi connectivity index (χ3n) is 2.58. The van der Waals surface area contributed by atoms with Crippen LogP contribution in [-0.2, 0) is 6.54 Å². The van der Waals surface area contributed by atoms with Gasteiger partial charge in [-0.25, -0.2) is 0 Å². The predicted octanol–water partition coefficient (Wildman–Crippen LogP) is 2.39. The van der Waals surface area contributed by atoms with Crippen LogP contribution in [0.15, 0.2) is 29.3 Å². The second-order valence-electron chi connectivity index (χ2n) is 4.22. The minimum absolute atomic E-state index is 0.681. The summed E-state index contributed by atoms with van der Waals surface area (Å²) in [6, 6.07) is 9.75. The Balaban J connectivity index is 1.87. The first-order valence-electron chi connectivity index (χ1n) is 5.68. The highest BCUT2D eigenvalue weighted by atomic mass is 32.2. The largest absolute Gasteiger partial charge is 0.361 e. The van der Waals surface area contributed by atoms with Gasteiger partial charge in [-0.15, -0.1) is 0 Å². The standard InChI is InChI=1S/C13H15N3S/c1-10-7-15-13(17-9-10)16-8-12-4-2-11(6-14)3-5-12/h2-5,10H,7-9H2,1H3,(H,15,16). The molecule has 1 aliphatic heterocycles. The van der Waals surface area contributed by atoms with Crippen molar-refractivity contribution in [3.63, 3.8) is 0 Å². The van der Waals surface area contributed by atoms with Gasteiger partial charge in [0.1, 0.15) is 0 Å². The van der Waals surface area contributed by atoms with Gasteiger partial charge < -0.3 is 5.32 Å². The van der Waals surface area contributed by atoms with Crippen molar-refractivity contribution in [2.24, 2.45) is 10.9 Å². The van der Waals surface area contributed by atoms with Crippen molar-refractivity contribution >= 4 is 16.9 Å². The van der Waals surface area contributed by atoms with E-state index >= 15 is 0 Å². The molecular formula is C13H15N3S. The van der Waals surface area contributed by atoms with E-state index in [9.17, 15) is 0 Å². The Bertz CT molecular complexity index is 445. The Morgan fingerprint density at radius 3 is 2.82 bits per heavy atom. The number of amidine groups is 1. The highest BCUT2D eigenvalue weighted by Crippen LogP contribution is 2.16. The van der Waals surface area contributed by atoms with Gasteiger partial charge in [-0.05, 0) is 23.6 Å². The monoisotopic (exact) mass is 245 g/mol. The fourth-order valence-corrected chi connectivity index (χ4v) is 2.43. The summed E-state index contributed by atoms with van der Waals surface area (Å²) < 4.78 is 0. The third-order valence-corrected chi connectivity index (χ3v) is 3.86. The first-order valence-corrected chi connectivity index (χ1v) is 6.66. The normalized spacial score (nSPS) is 19.3. The number of nitriles is 1. The fourth-order valence-electron chi connectivity index (χ4n) is 1.54. The number of nitrogens with one attached hydrogen (secondary N) is 1. The number of benzene rings is 1. The SMILES string of the molecule is CC1CN=C(NCc2ccc(C#N)cc2)SC1. The summed E-state index contributed by atoms with van der Waals surface area (Å²) in [5, 5.41) is 13.1. The quantitative estimate of drug-likeness (QED) is 0.870. The van der Waals surface area contributed by atoms with Gasteiger partial charge in [-0.3, -0.25) is 4.99 Å². The van der Waals surface area contributed by atoms with Crippen molar-refractivity contribution in [3.8, 4) is 6.07 Å². The number of hydrogen-bond donors (Lipinski definition) is 1. The van der Waals surface area contributed by atoms with E-state index in [1.165, 1.54) is 5.56 Å². The minimum atomic E-state index is 0.681. The lowest BCUT2D eigenvalue weighted by Gasteiger charge is -2.17. The fraction of sp³-hybridized carbons (Fsp3) is 0.385. The van der Waals surface area contributed by atoms with E-state index < -0.39 is 0 Å². The molecule has 1 N–H and O–H groups in total. The van der Waals surface area contributed by atoms with Gasteiger partial charge in [0.25, 0.3) is 0 Å². The molecule has 1 unspecified atom stereocenters. The highest BCUT2D eigenvalue weighted by Gasteiger charge is 2.11. The van der Waals surface area contributed by atoms with Crippen LogP contribution in [0.3, 0.4) is 0 Å². The van der Waals surface area contributed by atoms with Gasteiger partial charge in [0.15, 0.2) is 5.17 Å². The topological polar surface area (TPSA) is 48.2 Å². The average Bonchev–Trinajstić information content (AvgIpc) is 2.39. The van der Waals surface area contributed by atoms with Crippen LogP contribution >= 0.6 is 11.8 Å². The Morgan fingerprint density at radius 1 is 1.47 bits per heavy atom. The van der Waals surface area contributed by atoms with Crippen molar-refractivity contribution in [1.29, 1.82) is 5.26 Å². The number of hydrogen-bond acceptors (Lipinski definition) is 4. The second-order valence-corrected chi connectivity index (χ2v) is 5.23. The molecular weight excluding hydrogens is 230 g/mol. The maximum atomic E-state index is 8.70. The second kappa shape index (κ2) is 5.74. The Hall–Kier alpha value is -1.47. The molecule has 1 atom stereocenters. The van der Waals surface area contributed by atoms with E-state index in [1.54, 1.807) is 11.8 Å². The molecule has 0 saturated carbocycles. The smallest absolute Gasteiger partial charge is 0.156 e. The Kier molecular flexibility index (Phi) is 4.05. The summed E-state index contributed by atoms with van der Waals surface area (Å²) in [6.45, 7) is 3.91.